The molecular weight excluding hydrogens is 379 g/mol. The second-order valence-electron chi connectivity index (χ2n) is 6.91. The highest BCUT2D eigenvalue weighted by atomic mass is 32.2. The first-order valence-corrected chi connectivity index (χ1v) is 11.2. The van der Waals surface area contributed by atoms with Crippen LogP contribution in [0.1, 0.15) is 31.7 Å². The van der Waals surface area contributed by atoms with Crippen LogP contribution in [0.3, 0.4) is 0 Å². The average Bonchev–Trinajstić information content (AvgIpc) is 2.64. The molecule has 2 aromatic rings. The van der Waals surface area contributed by atoms with Crippen molar-refractivity contribution in [2.24, 2.45) is 0 Å². The van der Waals surface area contributed by atoms with E-state index in [4.69, 9.17) is 0 Å². The summed E-state index contributed by atoms with van der Waals surface area (Å²) < 4.78 is 38.3. The van der Waals surface area contributed by atoms with Crippen LogP contribution in [0.2, 0.25) is 0 Å². The minimum absolute atomic E-state index is 0.0378. The van der Waals surface area contributed by atoms with Gasteiger partial charge in [0.05, 0.1) is 11.9 Å². The SMILES string of the molecule is C[C@@H](CCc1ccccc1)NC(=O)CCCN(c1ccc(F)cc1)S(C)(=O)=O. The smallest absolute Gasteiger partial charge is 0.232 e. The standard InChI is InChI=1S/C21H27FN2O3S/c1-17(10-11-18-7-4-3-5-8-18)23-21(25)9-6-16-24(28(2,26)27)20-14-12-19(22)13-15-20/h3-5,7-8,12-15,17H,6,9-11,16H2,1-2H3,(H,23,25)/t17-/m0/s1. The largest absolute Gasteiger partial charge is 0.354 e. The fourth-order valence-corrected chi connectivity index (χ4v) is 3.89. The van der Waals surface area contributed by atoms with Gasteiger partial charge in [0.15, 0.2) is 0 Å². The van der Waals surface area contributed by atoms with Gasteiger partial charge in [0, 0.05) is 19.0 Å². The van der Waals surface area contributed by atoms with Gasteiger partial charge in [0.1, 0.15) is 5.82 Å². The Hall–Kier alpha value is -2.41. The van der Waals surface area contributed by atoms with Gasteiger partial charge in [-0.2, -0.15) is 0 Å². The normalized spacial score (nSPS) is 12.4. The quantitative estimate of drug-likeness (QED) is 0.657. The number of aryl methyl sites for hydroxylation is 1. The van der Waals surface area contributed by atoms with E-state index < -0.39 is 15.8 Å². The van der Waals surface area contributed by atoms with Crippen LogP contribution in [0.4, 0.5) is 10.1 Å². The van der Waals surface area contributed by atoms with Crippen LogP contribution in [0, 0.1) is 5.82 Å². The molecule has 152 valence electrons. The van der Waals surface area contributed by atoms with Gasteiger partial charge in [-0.25, -0.2) is 12.8 Å². The van der Waals surface area contributed by atoms with Crippen molar-refractivity contribution in [1.82, 2.24) is 5.32 Å². The number of nitrogens with one attached hydrogen (secondary N) is 1. The second kappa shape index (κ2) is 10.2. The van der Waals surface area contributed by atoms with Crippen LogP contribution in [-0.2, 0) is 21.2 Å². The first-order valence-electron chi connectivity index (χ1n) is 9.32. The lowest BCUT2D eigenvalue weighted by atomic mass is 10.1. The highest BCUT2D eigenvalue weighted by Gasteiger charge is 2.18. The Balaban J connectivity index is 1.79. The van der Waals surface area contributed by atoms with Gasteiger partial charge < -0.3 is 5.32 Å². The molecule has 0 radical (unpaired) electrons. The molecule has 0 fully saturated rings. The fraction of sp³-hybridized carbons (Fsp3) is 0.381. The van der Waals surface area contributed by atoms with Crippen LogP contribution < -0.4 is 9.62 Å². The summed E-state index contributed by atoms with van der Waals surface area (Å²) in [5.74, 6) is -0.533. The highest BCUT2D eigenvalue weighted by molar-refractivity contribution is 7.92. The number of sulfonamides is 1. The van der Waals surface area contributed by atoms with Gasteiger partial charge in [-0.15, -0.1) is 0 Å². The molecule has 0 aliphatic carbocycles. The Kier molecular flexibility index (Phi) is 7.99. The number of carbonyl (C=O) groups excluding carboxylic acids is 1. The van der Waals surface area contributed by atoms with Crippen molar-refractivity contribution in [3.8, 4) is 0 Å². The first-order chi connectivity index (χ1) is 13.3. The number of hydrogen-bond donors (Lipinski definition) is 1. The number of nitrogens with zero attached hydrogens (tertiary/aromatic N) is 1. The maximum atomic E-state index is 13.1. The van der Waals surface area contributed by atoms with Crippen molar-refractivity contribution < 1.29 is 17.6 Å². The van der Waals surface area contributed by atoms with Crippen LogP contribution >= 0.6 is 0 Å². The maximum absolute atomic E-state index is 13.1. The molecule has 0 bridgehead atoms. The Morgan fingerprint density at radius 3 is 2.36 bits per heavy atom. The Morgan fingerprint density at radius 1 is 1.11 bits per heavy atom. The molecule has 2 rings (SSSR count). The van der Waals surface area contributed by atoms with E-state index in [2.05, 4.69) is 17.4 Å². The van der Waals surface area contributed by atoms with Gasteiger partial charge in [-0.05, 0) is 56.0 Å². The molecule has 1 N–H and O–H groups in total. The molecule has 1 amide bonds. The van der Waals surface area contributed by atoms with Gasteiger partial charge >= 0.3 is 0 Å². The second-order valence-corrected chi connectivity index (χ2v) is 8.81. The summed E-state index contributed by atoms with van der Waals surface area (Å²) >= 11 is 0. The summed E-state index contributed by atoms with van der Waals surface area (Å²) in [6.45, 7) is 2.12. The number of carbonyl (C=O) groups is 1. The number of hydrogen-bond acceptors (Lipinski definition) is 3. The zero-order chi connectivity index (χ0) is 20.6. The minimum Gasteiger partial charge on any atom is -0.354 e. The molecule has 28 heavy (non-hydrogen) atoms. The van der Waals surface area contributed by atoms with Crippen molar-refractivity contribution in [1.29, 1.82) is 0 Å². The molecule has 0 spiro atoms. The molecule has 0 aliphatic heterocycles. The summed E-state index contributed by atoms with van der Waals surface area (Å²) in [6, 6.07) is 15.4. The molecule has 5 nitrogen and oxygen atoms in total. The van der Waals surface area contributed by atoms with Crippen LogP contribution in [-0.4, -0.2) is 33.2 Å². The third-order valence-electron chi connectivity index (χ3n) is 4.40. The van der Waals surface area contributed by atoms with E-state index in [-0.39, 0.29) is 24.9 Å². The number of benzene rings is 2. The van der Waals surface area contributed by atoms with E-state index in [1.807, 2.05) is 25.1 Å². The Bertz CT molecular complexity index is 855. The van der Waals surface area contributed by atoms with Crippen molar-refractivity contribution in [3.63, 3.8) is 0 Å². The van der Waals surface area contributed by atoms with Crippen molar-refractivity contribution >= 4 is 21.6 Å². The van der Waals surface area contributed by atoms with Crippen molar-refractivity contribution in [2.75, 3.05) is 17.1 Å². The zero-order valence-electron chi connectivity index (χ0n) is 16.3. The van der Waals surface area contributed by atoms with Gasteiger partial charge in [0.25, 0.3) is 0 Å². The Morgan fingerprint density at radius 2 is 1.75 bits per heavy atom. The third kappa shape index (κ3) is 7.31. The summed E-state index contributed by atoms with van der Waals surface area (Å²) in [7, 11) is -3.51. The van der Waals surface area contributed by atoms with E-state index in [9.17, 15) is 17.6 Å². The lowest BCUT2D eigenvalue weighted by Gasteiger charge is -2.22. The summed E-state index contributed by atoms with van der Waals surface area (Å²) in [4.78, 5) is 12.1. The van der Waals surface area contributed by atoms with Gasteiger partial charge in [-0.1, -0.05) is 30.3 Å². The van der Waals surface area contributed by atoms with Gasteiger partial charge in [-0.3, -0.25) is 9.10 Å². The predicted octanol–water partition coefficient (Wildman–Crippen LogP) is 3.51. The topological polar surface area (TPSA) is 66.5 Å². The van der Waals surface area contributed by atoms with Crippen LogP contribution in [0.25, 0.3) is 0 Å². The molecule has 2 aromatic carbocycles. The fourth-order valence-electron chi connectivity index (χ4n) is 2.92. The van der Waals surface area contributed by atoms with Crippen molar-refractivity contribution in [3.05, 3.63) is 66.0 Å². The first kappa shape index (κ1) is 21.9. The highest BCUT2D eigenvalue weighted by Crippen LogP contribution is 2.18. The minimum atomic E-state index is -3.51. The molecular formula is C21H27FN2O3S. The predicted molar refractivity (Wildman–Crippen MR) is 110 cm³/mol. The molecule has 1 atom stereocenters. The number of amides is 1. The summed E-state index contributed by atoms with van der Waals surface area (Å²) in [5.41, 5.74) is 1.62. The van der Waals surface area contributed by atoms with E-state index >= 15 is 0 Å². The lowest BCUT2D eigenvalue weighted by molar-refractivity contribution is -0.121. The van der Waals surface area contributed by atoms with E-state index in [0.29, 0.717) is 12.1 Å². The summed E-state index contributed by atoms with van der Waals surface area (Å²) in [6.07, 6.45) is 3.42. The third-order valence-corrected chi connectivity index (χ3v) is 5.59. The van der Waals surface area contributed by atoms with Crippen LogP contribution in [0.15, 0.2) is 54.6 Å². The number of halogens is 1. The monoisotopic (exact) mass is 406 g/mol. The van der Waals surface area contributed by atoms with Crippen molar-refractivity contribution in [2.45, 2.75) is 38.6 Å². The zero-order valence-corrected chi connectivity index (χ0v) is 17.1. The van der Waals surface area contributed by atoms with Crippen LogP contribution in [0.5, 0.6) is 0 Å². The molecule has 0 aromatic heterocycles. The van der Waals surface area contributed by atoms with E-state index in [1.54, 1.807) is 0 Å². The molecule has 0 heterocycles. The Labute approximate surface area is 166 Å². The molecule has 0 aliphatic rings. The molecule has 0 unspecified atom stereocenters. The van der Waals surface area contributed by atoms with E-state index in [1.165, 1.54) is 34.1 Å². The molecule has 0 saturated heterocycles. The number of anilines is 1. The lowest BCUT2D eigenvalue weighted by Crippen LogP contribution is -2.35. The maximum Gasteiger partial charge on any atom is 0.232 e. The van der Waals surface area contributed by atoms with E-state index in [0.717, 1.165) is 19.1 Å². The average molecular weight is 407 g/mol. The van der Waals surface area contributed by atoms with Gasteiger partial charge in [0.2, 0.25) is 15.9 Å². The summed E-state index contributed by atoms with van der Waals surface area (Å²) in [5, 5.41) is 2.95. The molecule has 7 heteroatoms. The molecule has 0 saturated carbocycles. The number of rotatable bonds is 10.